The van der Waals surface area contributed by atoms with Crippen LogP contribution in [-0.2, 0) is 0 Å². The quantitative estimate of drug-likeness (QED) is 0.396. The Bertz CT molecular complexity index is 1290. The second kappa shape index (κ2) is 8.49. The molecule has 156 valence electrons. The van der Waals surface area contributed by atoms with Gasteiger partial charge in [-0.25, -0.2) is 14.1 Å². The molecule has 0 saturated heterocycles. The number of aromatic nitrogens is 3. The minimum Gasteiger partial charge on any atom is -0.319 e. The van der Waals surface area contributed by atoms with E-state index in [2.05, 4.69) is 15.4 Å². The molecule has 3 aromatic carbocycles. The summed E-state index contributed by atoms with van der Waals surface area (Å²) in [6, 6.07) is 16.4. The van der Waals surface area contributed by atoms with Crippen molar-refractivity contribution < 1.29 is 9.18 Å². The molecule has 0 radical (unpaired) electrons. The first-order chi connectivity index (χ1) is 14.8. The molecule has 0 atom stereocenters. The van der Waals surface area contributed by atoms with Crippen molar-refractivity contribution in [2.24, 2.45) is 0 Å². The Morgan fingerprint density at radius 3 is 2.29 bits per heavy atom. The Morgan fingerprint density at radius 2 is 1.58 bits per heavy atom. The van der Waals surface area contributed by atoms with Crippen molar-refractivity contribution in [2.45, 2.75) is 13.8 Å². The summed E-state index contributed by atoms with van der Waals surface area (Å²) in [6.07, 6.45) is 0. The van der Waals surface area contributed by atoms with Crippen LogP contribution in [0.15, 0.2) is 60.7 Å². The Labute approximate surface area is 188 Å². The molecule has 31 heavy (non-hydrogen) atoms. The maximum atomic E-state index is 13.5. The van der Waals surface area contributed by atoms with E-state index in [0.29, 0.717) is 32.8 Å². The predicted octanol–water partition coefficient (Wildman–Crippen LogP) is 6.25. The zero-order chi connectivity index (χ0) is 22.1. The lowest BCUT2D eigenvalue weighted by Crippen LogP contribution is -2.15. The number of carbonyl (C=O) groups excluding carboxylic acids is 1. The fraction of sp³-hybridized carbons (Fsp3) is 0.0870. The lowest BCUT2D eigenvalue weighted by atomic mass is 10.1. The molecule has 0 aliphatic carbocycles. The van der Waals surface area contributed by atoms with Gasteiger partial charge in [0, 0.05) is 21.3 Å². The monoisotopic (exact) mass is 454 g/mol. The van der Waals surface area contributed by atoms with Crippen LogP contribution in [0.5, 0.6) is 0 Å². The summed E-state index contributed by atoms with van der Waals surface area (Å²) in [5.74, 6) is -0.522. The molecule has 5 nitrogen and oxygen atoms in total. The summed E-state index contributed by atoms with van der Waals surface area (Å²) >= 11 is 12.2. The minimum absolute atomic E-state index is 0.0434. The summed E-state index contributed by atoms with van der Waals surface area (Å²) in [6.45, 7) is 3.76. The lowest BCUT2D eigenvalue weighted by Gasteiger charge is -2.09. The van der Waals surface area contributed by atoms with Crippen LogP contribution in [0, 0.1) is 19.7 Å². The van der Waals surface area contributed by atoms with E-state index in [1.54, 1.807) is 36.4 Å². The number of halogens is 3. The molecule has 1 N–H and O–H groups in total. The summed E-state index contributed by atoms with van der Waals surface area (Å²) in [4.78, 5) is 17.4. The highest BCUT2D eigenvalue weighted by atomic mass is 35.5. The number of rotatable bonds is 4. The van der Waals surface area contributed by atoms with E-state index in [1.165, 1.54) is 16.8 Å². The molecule has 0 fully saturated rings. The highest BCUT2D eigenvalue weighted by Crippen LogP contribution is 2.26. The number of nitrogens with one attached hydrogen (secondary N) is 1. The maximum absolute atomic E-state index is 13.5. The van der Waals surface area contributed by atoms with Crippen LogP contribution >= 0.6 is 23.2 Å². The molecule has 0 aliphatic heterocycles. The van der Waals surface area contributed by atoms with Gasteiger partial charge in [0.25, 0.3) is 5.91 Å². The first-order valence-electron chi connectivity index (χ1n) is 9.39. The zero-order valence-electron chi connectivity index (χ0n) is 16.7. The largest absolute Gasteiger partial charge is 0.319 e. The zero-order valence-corrected chi connectivity index (χ0v) is 18.2. The van der Waals surface area contributed by atoms with Crippen molar-refractivity contribution in [1.82, 2.24) is 14.8 Å². The third kappa shape index (κ3) is 4.45. The van der Waals surface area contributed by atoms with E-state index in [0.717, 1.165) is 11.1 Å². The van der Waals surface area contributed by atoms with Crippen LogP contribution in [0.25, 0.3) is 17.1 Å². The molecule has 0 spiro atoms. The summed E-state index contributed by atoms with van der Waals surface area (Å²) in [5, 5.41) is 8.25. The van der Waals surface area contributed by atoms with Gasteiger partial charge in [0.05, 0.1) is 5.69 Å². The predicted molar refractivity (Wildman–Crippen MR) is 121 cm³/mol. The number of hydrogen-bond donors (Lipinski definition) is 1. The van der Waals surface area contributed by atoms with Crippen molar-refractivity contribution >= 4 is 34.8 Å². The first-order valence-corrected chi connectivity index (χ1v) is 10.1. The van der Waals surface area contributed by atoms with Gasteiger partial charge in [0.15, 0.2) is 5.82 Å². The summed E-state index contributed by atoms with van der Waals surface area (Å²) in [7, 11) is 0. The van der Waals surface area contributed by atoms with E-state index >= 15 is 0 Å². The van der Waals surface area contributed by atoms with Gasteiger partial charge >= 0.3 is 0 Å². The van der Waals surface area contributed by atoms with E-state index in [9.17, 15) is 9.18 Å². The minimum atomic E-state index is -0.493. The number of hydrogen-bond acceptors (Lipinski definition) is 3. The normalized spacial score (nSPS) is 10.9. The summed E-state index contributed by atoms with van der Waals surface area (Å²) < 4.78 is 15.0. The van der Waals surface area contributed by atoms with Gasteiger partial charge < -0.3 is 5.32 Å². The molecule has 8 heteroatoms. The van der Waals surface area contributed by atoms with Gasteiger partial charge in [0.2, 0.25) is 5.82 Å². The SMILES string of the molecule is Cc1ccc(Cl)cc1NC(=O)c1nc(-c2ccc(F)cc2)n(-c2cc(Cl)ccc2C)n1. The molecule has 1 heterocycles. The van der Waals surface area contributed by atoms with E-state index < -0.39 is 5.91 Å². The number of anilines is 1. The van der Waals surface area contributed by atoms with Crippen molar-refractivity contribution in [3.8, 4) is 17.1 Å². The van der Waals surface area contributed by atoms with Crippen LogP contribution in [0.1, 0.15) is 21.7 Å². The smallest absolute Gasteiger partial charge is 0.295 e. The standard InChI is InChI=1S/C23H17Cl2FN4O/c1-13-3-7-16(24)11-19(13)27-23(31)21-28-22(15-5-9-18(26)10-6-15)30(29-21)20-12-17(25)8-4-14(20)2/h3-12H,1-2H3,(H,27,31). The van der Waals surface area contributed by atoms with Crippen LogP contribution in [0.2, 0.25) is 10.0 Å². The van der Waals surface area contributed by atoms with Gasteiger partial charge in [-0.1, -0.05) is 35.3 Å². The van der Waals surface area contributed by atoms with Crippen LogP contribution < -0.4 is 5.32 Å². The number of nitrogens with zero attached hydrogens (tertiary/aromatic N) is 3. The Kier molecular flexibility index (Phi) is 5.76. The van der Waals surface area contributed by atoms with Gasteiger partial charge in [-0.15, -0.1) is 5.10 Å². The second-order valence-electron chi connectivity index (χ2n) is 7.02. The molecule has 4 aromatic rings. The molecular weight excluding hydrogens is 438 g/mol. The Balaban J connectivity index is 1.81. The van der Waals surface area contributed by atoms with Crippen LogP contribution in [0.4, 0.5) is 10.1 Å². The van der Waals surface area contributed by atoms with E-state index in [-0.39, 0.29) is 11.6 Å². The van der Waals surface area contributed by atoms with Crippen LogP contribution in [-0.4, -0.2) is 20.7 Å². The third-order valence-electron chi connectivity index (χ3n) is 4.76. The topological polar surface area (TPSA) is 59.8 Å². The van der Waals surface area contributed by atoms with E-state index in [1.807, 2.05) is 26.0 Å². The van der Waals surface area contributed by atoms with Crippen molar-refractivity contribution in [1.29, 1.82) is 0 Å². The molecule has 0 aliphatic rings. The van der Waals surface area contributed by atoms with Crippen molar-refractivity contribution in [3.05, 3.63) is 93.5 Å². The van der Waals surface area contributed by atoms with Gasteiger partial charge in [0.1, 0.15) is 5.82 Å². The number of amides is 1. The highest BCUT2D eigenvalue weighted by Gasteiger charge is 2.20. The highest BCUT2D eigenvalue weighted by molar-refractivity contribution is 6.31. The third-order valence-corrected chi connectivity index (χ3v) is 5.23. The Hall–Kier alpha value is -3.22. The van der Waals surface area contributed by atoms with E-state index in [4.69, 9.17) is 23.2 Å². The summed E-state index contributed by atoms with van der Waals surface area (Å²) in [5.41, 5.74) is 3.57. The van der Waals surface area contributed by atoms with Crippen molar-refractivity contribution in [3.63, 3.8) is 0 Å². The van der Waals surface area contributed by atoms with Gasteiger partial charge in [-0.05, 0) is 73.5 Å². The number of carbonyl (C=O) groups is 1. The lowest BCUT2D eigenvalue weighted by molar-refractivity contribution is 0.101. The average Bonchev–Trinajstić information content (AvgIpc) is 3.18. The molecule has 0 unspecified atom stereocenters. The number of aryl methyl sites for hydroxylation is 2. The van der Waals surface area contributed by atoms with Gasteiger partial charge in [-0.3, -0.25) is 4.79 Å². The van der Waals surface area contributed by atoms with Crippen LogP contribution in [0.3, 0.4) is 0 Å². The first kappa shape index (κ1) is 21.0. The molecule has 1 aromatic heterocycles. The maximum Gasteiger partial charge on any atom is 0.295 e. The molecular formula is C23H17Cl2FN4O. The Morgan fingerprint density at radius 1 is 0.935 bits per heavy atom. The van der Waals surface area contributed by atoms with Crippen molar-refractivity contribution in [2.75, 3.05) is 5.32 Å². The second-order valence-corrected chi connectivity index (χ2v) is 7.89. The van der Waals surface area contributed by atoms with Gasteiger partial charge in [-0.2, -0.15) is 0 Å². The molecule has 4 rings (SSSR count). The molecule has 0 bridgehead atoms. The number of benzene rings is 3. The fourth-order valence-corrected chi connectivity index (χ4v) is 3.42. The fourth-order valence-electron chi connectivity index (χ4n) is 3.08. The average molecular weight is 455 g/mol. The molecule has 1 amide bonds. The molecule has 0 saturated carbocycles.